The van der Waals surface area contributed by atoms with Gasteiger partial charge in [-0.1, -0.05) is 30.3 Å². The van der Waals surface area contributed by atoms with Crippen molar-refractivity contribution in [2.45, 2.75) is 0 Å². The molecule has 0 spiro atoms. The quantitative estimate of drug-likeness (QED) is 0.676. The highest BCUT2D eigenvalue weighted by Crippen LogP contribution is 2.16. The van der Waals surface area contributed by atoms with Crippen molar-refractivity contribution in [1.82, 2.24) is 4.98 Å². The Hall–Kier alpha value is -1.65. The van der Waals surface area contributed by atoms with Crippen LogP contribution >= 0.6 is 0 Å². The van der Waals surface area contributed by atoms with Crippen LogP contribution in [0.25, 0.3) is 11.1 Å². The zero-order chi connectivity index (χ0) is 10.9. The minimum absolute atomic E-state index is 0.750. The van der Waals surface area contributed by atoms with E-state index in [0.29, 0.717) is 0 Å². The lowest BCUT2D eigenvalue weighted by molar-refractivity contribution is 0.448. The summed E-state index contributed by atoms with van der Waals surface area (Å²) in [5, 5.41) is 14.2. The fourth-order valence-corrected chi connectivity index (χ4v) is 1.17. The van der Waals surface area contributed by atoms with Crippen molar-refractivity contribution in [2.75, 3.05) is 0 Å². The Kier molecular flexibility index (Phi) is 5.15. The average Bonchev–Trinajstić information content (AvgIpc) is 2.32. The van der Waals surface area contributed by atoms with Gasteiger partial charge in [-0.05, 0) is 23.3 Å². The maximum Gasteiger partial charge on any atom is 0.432 e. The molecule has 2 N–H and O–H groups in total. The van der Waals surface area contributed by atoms with Crippen LogP contribution in [-0.4, -0.2) is 22.7 Å². The predicted molar refractivity (Wildman–Crippen MR) is 61.3 cm³/mol. The highest BCUT2D eigenvalue weighted by atomic mass is 16.4. The van der Waals surface area contributed by atoms with Crippen molar-refractivity contribution in [1.29, 1.82) is 0 Å². The Morgan fingerprint density at radius 1 is 0.800 bits per heavy atom. The van der Waals surface area contributed by atoms with Crippen LogP contribution in [0.1, 0.15) is 0 Å². The fraction of sp³-hybridized carbons (Fsp3) is 0. The smallest absolute Gasteiger partial charge is 0.430 e. The summed E-state index contributed by atoms with van der Waals surface area (Å²) in [6.07, 6.45) is 3.62. The molecule has 0 bridgehead atoms. The molecule has 2 aromatic rings. The van der Waals surface area contributed by atoms with E-state index in [2.05, 4.69) is 17.1 Å². The molecule has 0 aliphatic rings. The van der Waals surface area contributed by atoms with E-state index in [0.717, 1.165) is 0 Å². The van der Waals surface area contributed by atoms with Crippen LogP contribution < -0.4 is 0 Å². The van der Waals surface area contributed by atoms with Crippen molar-refractivity contribution in [2.24, 2.45) is 0 Å². The minimum Gasteiger partial charge on any atom is -0.430 e. The van der Waals surface area contributed by atoms with Crippen LogP contribution in [0.5, 0.6) is 0 Å². The number of pyridine rings is 1. The Labute approximate surface area is 89.4 Å². The highest BCUT2D eigenvalue weighted by molar-refractivity contribution is 6.13. The van der Waals surface area contributed by atoms with Gasteiger partial charge in [0.15, 0.2) is 0 Å². The first-order chi connectivity index (χ1) is 7.38. The lowest BCUT2D eigenvalue weighted by Crippen LogP contribution is -1.76. The van der Waals surface area contributed by atoms with E-state index in [1.165, 1.54) is 11.1 Å². The van der Waals surface area contributed by atoms with E-state index in [-0.39, 0.29) is 0 Å². The van der Waals surface area contributed by atoms with Crippen LogP contribution in [0.15, 0.2) is 54.9 Å². The minimum atomic E-state index is -0.750. The van der Waals surface area contributed by atoms with Crippen molar-refractivity contribution < 1.29 is 10.0 Å². The molecule has 76 valence electrons. The molecule has 0 radical (unpaired) electrons. The monoisotopic (exact) mass is 201 g/mol. The third-order valence-electron chi connectivity index (χ3n) is 1.79. The van der Waals surface area contributed by atoms with Gasteiger partial charge in [-0.3, -0.25) is 4.98 Å². The summed E-state index contributed by atoms with van der Waals surface area (Å²) in [6, 6.07) is 14.3. The maximum atomic E-state index is 7.12. The third-order valence-corrected chi connectivity index (χ3v) is 1.79. The van der Waals surface area contributed by atoms with Crippen molar-refractivity contribution in [3.63, 3.8) is 0 Å². The molecule has 0 aliphatic heterocycles. The summed E-state index contributed by atoms with van der Waals surface area (Å²) in [6.45, 7) is 0. The Morgan fingerprint density at radius 2 is 1.27 bits per heavy atom. The van der Waals surface area contributed by atoms with E-state index >= 15 is 0 Å². The topological polar surface area (TPSA) is 53.4 Å². The summed E-state index contributed by atoms with van der Waals surface area (Å²) < 4.78 is 0. The molecular formula is C11H12BNO2. The first-order valence-corrected chi connectivity index (χ1v) is 4.55. The maximum absolute atomic E-state index is 7.12. The summed E-state index contributed by atoms with van der Waals surface area (Å²) in [4.78, 5) is 3.97. The number of rotatable bonds is 1. The van der Waals surface area contributed by atoms with Crippen LogP contribution in [0.3, 0.4) is 0 Å². The molecule has 4 heteroatoms. The van der Waals surface area contributed by atoms with Crippen LogP contribution in [-0.2, 0) is 0 Å². The van der Waals surface area contributed by atoms with E-state index in [1.54, 1.807) is 0 Å². The van der Waals surface area contributed by atoms with Gasteiger partial charge in [-0.25, -0.2) is 0 Å². The van der Waals surface area contributed by atoms with Gasteiger partial charge in [-0.2, -0.15) is 0 Å². The molecule has 0 saturated heterocycles. The number of nitrogens with zero attached hydrogens (tertiary/aromatic N) is 1. The van der Waals surface area contributed by atoms with Crippen LogP contribution in [0.2, 0.25) is 0 Å². The zero-order valence-corrected chi connectivity index (χ0v) is 8.24. The predicted octanol–water partition coefficient (Wildman–Crippen LogP) is 0.986. The first-order valence-electron chi connectivity index (χ1n) is 4.55. The molecular weight excluding hydrogens is 189 g/mol. The van der Waals surface area contributed by atoms with Gasteiger partial charge in [-0.15, -0.1) is 0 Å². The van der Waals surface area contributed by atoms with E-state index in [4.69, 9.17) is 10.0 Å². The molecule has 3 nitrogen and oxygen atoms in total. The number of aromatic nitrogens is 1. The highest BCUT2D eigenvalue weighted by Gasteiger charge is 1.92. The van der Waals surface area contributed by atoms with Crippen molar-refractivity contribution in [3.05, 3.63) is 54.9 Å². The molecule has 0 aliphatic carbocycles. The van der Waals surface area contributed by atoms with Crippen LogP contribution in [0.4, 0.5) is 0 Å². The SMILES string of the molecule is OBO.c1ccc(-c2ccncc2)cc1. The summed E-state index contributed by atoms with van der Waals surface area (Å²) in [5.41, 5.74) is 2.45. The lowest BCUT2D eigenvalue weighted by Gasteiger charge is -1.98. The first kappa shape index (κ1) is 11.4. The van der Waals surface area contributed by atoms with Crippen molar-refractivity contribution >= 4 is 7.69 Å². The molecule has 0 atom stereocenters. The number of hydrogen-bond donors (Lipinski definition) is 2. The fourth-order valence-electron chi connectivity index (χ4n) is 1.17. The van der Waals surface area contributed by atoms with Gasteiger partial charge < -0.3 is 10.0 Å². The van der Waals surface area contributed by atoms with Crippen LogP contribution in [0, 0.1) is 0 Å². The van der Waals surface area contributed by atoms with E-state index in [9.17, 15) is 0 Å². The summed E-state index contributed by atoms with van der Waals surface area (Å²) >= 11 is 0. The lowest BCUT2D eigenvalue weighted by atomic mass is 10.1. The van der Waals surface area contributed by atoms with E-state index < -0.39 is 7.69 Å². The van der Waals surface area contributed by atoms with Gasteiger partial charge in [0, 0.05) is 12.4 Å². The summed E-state index contributed by atoms with van der Waals surface area (Å²) in [5.74, 6) is 0. The van der Waals surface area contributed by atoms with Gasteiger partial charge in [0.05, 0.1) is 0 Å². The van der Waals surface area contributed by atoms with Gasteiger partial charge >= 0.3 is 7.69 Å². The number of hydrogen-bond acceptors (Lipinski definition) is 3. The molecule has 0 fully saturated rings. The Balaban J connectivity index is 0.000000337. The Morgan fingerprint density at radius 3 is 1.80 bits per heavy atom. The molecule has 0 saturated carbocycles. The zero-order valence-electron chi connectivity index (χ0n) is 8.24. The molecule has 15 heavy (non-hydrogen) atoms. The number of benzene rings is 1. The van der Waals surface area contributed by atoms with Gasteiger partial charge in [0.25, 0.3) is 0 Å². The largest absolute Gasteiger partial charge is 0.432 e. The normalized spacial score (nSPS) is 8.67. The third kappa shape index (κ3) is 3.93. The second kappa shape index (κ2) is 6.76. The molecule has 0 unspecified atom stereocenters. The Bertz CT molecular complexity index is 329. The molecule has 0 amide bonds. The van der Waals surface area contributed by atoms with Crippen molar-refractivity contribution in [3.8, 4) is 11.1 Å². The standard InChI is InChI=1S/C11H9N.BH3O2/c1-2-4-10(5-3-1)11-6-8-12-9-7-11;2-1-3/h1-9H;1-3H. The second-order valence-electron chi connectivity index (χ2n) is 2.74. The van der Waals surface area contributed by atoms with E-state index in [1.807, 2.05) is 42.7 Å². The second-order valence-corrected chi connectivity index (χ2v) is 2.74. The molecule has 1 aromatic heterocycles. The molecule has 1 aromatic carbocycles. The average molecular weight is 201 g/mol. The van der Waals surface area contributed by atoms with Gasteiger partial charge in [0.1, 0.15) is 0 Å². The molecule has 1 heterocycles. The summed E-state index contributed by atoms with van der Waals surface area (Å²) in [7, 11) is -0.750. The van der Waals surface area contributed by atoms with Gasteiger partial charge in [0.2, 0.25) is 0 Å². The molecule has 2 rings (SSSR count).